The molecule has 5 heteroatoms. The lowest BCUT2D eigenvalue weighted by Crippen LogP contribution is -2.31. The molecule has 1 saturated heterocycles. The van der Waals surface area contributed by atoms with Crippen LogP contribution in [0.5, 0.6) is 0 Å². The van der Waals surface area contributed by atoms with E-state index in [4.69, 9.17) is 4.74 Å². The van der Waals surface area contributed by atoms with Crippen molar-refractivity contribution in [2.24, 2.45) is 13.0 Å². The molecule has 0 saturated carbocycles. The number of nitrogens with zero attached hydrogens (tertiary/aromatic N) is 4. The summed E-state index contributed by atoms with van der Waals surface area (Å²) in [6, 6.07) is 6.49. The molecule has 1 aliphatic rings. The first kappa shape index (κ1) is 14.5. The molecular weight excluding hydrogens is 288 g/mol. The van der Waals surface area contributed by atoms with Gasteiger partial charge in [-0.1, -0.05) is 13.8 Å². The Morgan fingerprint density at radius 2 is 2.13 bits per heavy atom. The summed E-state index contributed by atoms with van der Waals surface area (Å²) in [4.78, 5) is 4.49. The number of rotatable bonds is 4. The molecule has 2 aromatic heterocycles. The Kier molecular flexibility index (Phi) is 3.45. The van der Waals surface area contributed by atoms with E-state index in [0.29, 0.717) is 11.8 Å². The lowest BCUT2D eigenvalue weighted by atomic mass is 10.0. The molecule has 0 bridgehead atoms. The largest absolute Gasteiger partial charge is 0.381 e. The summed E-state index contributed by atoms with van der Waals surface area (Å²) in [5.41, 5.74) is 3.70. The van der Waals surface area contributed by atoms with Gasteiger partial charge in [-0.25, -0.2) is 4.98 Å². The van der Waals surface area contributed by atoms with Crippen molar-refractivity contribution < 1.29 is 4.74 Å². The van der Waals surface area contributed by atoms with Crippen LogP contribution in [0, 0.1) is 5.92 Å². The maximum absolute atomic E-state index is 5.22. The van der Waals surface area contributed by atoms with Crippen molar-refractivity contribution in [2.45, 2.75) is 26.3 Å². The molecular formula is C18H22N4O. The van der Waals surface area contributed by atoms with E-state index in [1.165, 1.54) is 16.5 Å². The fraction of sp³-hybridized carbons (Fsp3) is 0.444. The first-order chi connectivity index (χ1) is 11.1. The van der Waals surface area contributed by atoms with Crippen LogP contribution in [0.4, 0.5) is 0 Å². The molecule has 0 aliphatic carbocycles. The highest BCUT2D eigenvalue weighted by molar-refractivity contribution is 5.88. The van der Waals surface area contributed by atoms with Crippen LogP contribution in [0.3, 0.4) is 0 Å². The maximum Gasteiger partial charge on any atom is 0.181 e. The molecule has 3 aromatic rings. The summed E-state index contributed by atoms with van der Waals surface area (Å²) in [6.07, 6.45) is 4.05. The molecule has 0 atom stereocenters. The van der Waals surface area contributed by atoms with Crippen LogP contribution in [-0.4, -0.2) is 32.5 Å². The third kappa shape index (κ3) is 2.55. The van der Waals surface area contributed by atoms with E-state index in [9.17, 15) is 0 Å². The van der Waals surface area contributed by atoms with Gasteiger partial charge in [0.15, 0.2) is 5.82 Å². The number of benzene rings is 1. The zero-order valence-corrected chi connectivity index (χ0v) is 13.9. The van der Waals surface area contributed by atoms with Crippen LogP contribution < -0.4 is 0 Å². The average molecular weight is 310 g/mol. The lowest BCUT2D eigenvalue weighted by Gasteiger charge is -2.25. The van der Waals surface area contributed by atoms with Crippen molar-refractivity contribution in [3.8, 4) is 11.4 Å². The molecule has 0 radical (unpaired) electrons. The fourth-order valence-electron chi connectivity index (χ4n) is 3.19. The standard InChI is InChI=1S/C18H22N4O/c1-12(2)16-8-21(3)17-5-4-14(6-15(16)17)18-19-11-22(20-18)7-13-9-23-10-13/h4-6,8,11-13H,7,9-10H2,1-3H3. The third-order valence-corrected chi connectivity index (χ3v) is 4.59. The molecule has 5 nitrogen and oxygen atoms in total. The highest BCUT2D eigenvalue weighted by Gasteiger charge is 2.19. The van der Waals surface area contributed by atoms with Crippen LogP contribution in [0.2, 0.25) is 0 Å². The predicted octanol–water partition coefficient (Wildman–Crippen LogP) is 3.21. The Morgan fingerprint density at radius 1 is 1.30 bits per heavy atom. The molecule has 120 valence electrons. The summed E-state index contributed by atoms with van der Waals surface area (Å²) in [5.74, 6) is 1.87. The SMILES string of the molecule is CC(C)c1cn(C)c2ccc(-c3ncn(CC4COC4)n3)cc12. The molecule has 23 heavy (non-hydrogen) atoms. The highest BCUT2D eigenvalue weighted by atomic mass is 16.5. The van der Waals surface area contributed by atoms with Crippen molar-refractivity contribution >= 4 is 10.9 Å². The summed E-state index contributed by atoms with van der Waals surface area (Å²) in [7, 11) is 2.10. The molecule has 0 spiro atoms. The van der Waals surface area contributed by atoms with Gasteiger partial charge >= 0.3 is 0 Å². The Balaban J connectivity index is 1.69. The molecule has 0 amide bonds. The Bertz CT molecular complexity index is 842. The number of ether oxygens (including phenoxy) is 1. The van der Waals surface area contributed by atoms with Gasteiger partial charge in [0, 0.05) is 42.2 Å². The van der Waals surface area contributed by atoms with Gasteiger partial charge in [0.2, 0.25) is 0 Å². The molecule has 0 N–H and O–H groups in total. The summed E-state index contributed by atoms with van der Waals surface area (Å²) in [5, 5.41) is 5.93. The molecule has 1 aliphatic heterocycles. The lowest BCUT2D eigenvalue weighted by molar-refractivity contribution is -0.0408. The second kappa shape index (κ2) is 5.49. The fourth-order valence-corrected chi connectivity index (χ4v) is 3.19. The highest BCUT2D eigenvalue weighted by Crippen LogP contribution is 2.30. The van der Waals surface area contributed by atoms with E-state index in [2.05, 4.69) is 59.9 Å². The first-order valence-electron chi connectivity index (χ1n) is 8.18. The van der Waals surface area contributed by atoms with Gasteiger partial charge in [0.1, 0.15) is 6.33 Å². The van der Waals surface area contributed by atoms with E-state index in [1.807, 2.05) is 11.0 Å². The number of fused-ring (bicyclic) bond motifs is 1. The van der Waals surface area contributed by atoms with Crippen molar-refractivity contribution in [1.29, 1.82) is 0 Å². The van der Waals surface area contributed by atoms with Gasteiger partial charge in [0.05, 0.1) is 13.2 Å². The van der Waals surface area contributed by atoms with Gasteiger partial charge in [-0.3, -0.25) is 4.68 Å². The number of hydrogen-bond acceptors (Lipinski definition) is 3. The smallest absolute Gasteiger partial charge is 0.181 e. The van der Waals surface area contributed by atoms with E-state index in [1.54, 1.807) is 0 Å². The van der Waals surface area contributed by atoms with Crippen molar-refractivity contribution in [2.75, 3.05) is 13.2 Å². The quantitative estimate of drug-likeness (QED) is 0.743. The zero-order valence-electron chi connectivity index (χ0n) is 13.9. The summed E-state index contributed by atoms with van der Waals surface area (Å²) >= 11 is 0. The van der Waals surface area contributed by atoms with Crippen molar-refractivity contribution in [3.05, 3.63) is 36.3 Å². The molecule has 0 unspecified atom stereocenters. The van der Waals surface area contributed by atoms with Crippen molar-refractivity contribution in [1.82, 2.24) is 19.3 Å². The Labute approximate surface area is 135 Å². The van der Waals surface area contributed by atoms with E-state index >= 15 is 0 Å². The molecule has 1 aromatic carbocycles. The second-order valence-corrected chi connectivity index (χ2v) is 6.78. The normalized spacial score (nSPS) is 15.5. The molecule has 3 heterocycles. The molecule has 4 rings (SSSR count). The van der Waals surface area contributed by atoms with Crippen LogP contribution in [0.25, 0.3) is 22.3 Å². The van der Waals surface area contributed by atoms with Gasteiger partial charge in [-0.15, -0.1) is 0 Å². The average Bonchev–Trinajstić information content (AvgIpc) is 3.08. The number of hydrogen-bond donors (Lipinski definition) is 0. The zero-order chi connectivity index (χ0) is 16.0. The number of aromatic nitrogens is 4. The molecule has 1 fully saturated rings. The summed E-state index contributed by atoms with van der Waals surface area (Å²) in [6.45, 7) is 7.02. The minimum Gasteiger partial charge on any atom is -0.381 e. The Hall–Kier alpha value is -2.14. The van der Waals surface area contributed by atoms with Crippen LogP contribution in [0.1, 0.15) is 25.3 Å². The predicted molar refractivity (Wildman–Crippen MR) is 90.3 cm³/mol. The van der Waals surface area contributed by atoms with Crippen LogP contribution in [0.15, 0.2) is 30.7 Å². The maximum atomic E-state index is 5.22. The van der Waals surface area contributed by atoms with E-state index in [-0.39, 0.29) is 0 Å². The topological polar surface area (TPSA) is 44.9 Å². The Morgan fingerprint density at radius 3 is 2.83 bits per heavy atom. The van der Waals surface area contributed by atoms with Crippen molar-refractivity contribution in [3.63, 3.8) is 0 Å². The van der Waals surface area contributed by atoms with E-state index in [0.717, 1.165) is 31.1 Å². The minimum atomic E-state index is 0.498. The van der Waals surface area contributed by atoms with Gasteiger partial charge in [-0.05, 0) is 29.7 Å². The monoisotopic (exact) mass is 310 g/mol. The van der Waals surface area contributed by atoms with Gasteiger partial charge < -0.3 is 9.30 Å². The van der Waals surface area contributed by atoms with Crippen LogP contribution >= 0.6 is 0 Å². The van der Waals surface area contributed by atoms with E-state index < -0.39 is 0 Å². The third-order valence-electron chi connectivity index (χ3n) is 4.59. The summed E-state index contributed by atoms with van der Waals surface area (Å²) < 4.78 is 9.34. The van der Waals surface area contributed by atoms with Gasteiger partial charge in [-0.2, -0.15) is 5.10 Å². The number of aryl methyl sites for hydroxylation is 1. The minimum absolute atomic E-state index is 0.498. The van der Waals surface area contributed by atoms with Crippen LogP contribution in [-0.2, 0) is 18.3 Å². The second-order valence-electron chi connectivity index (χ2n) is 6.78. The first-order valence-corrected chi connectivity index (χ1v) is 8.18. The van der Waals surface area contributed by atoms with Gasteiger partial charge in [0.25, 0.3) is 0 Å².